The number of hydrogen-bond acceptors (Lipinski definition) is 2. The first kappa shape index (κ1) is 17.0. The zero-order valence-corrected chi connectivity index (χ0v) is 12.9. The van der Waals surface area contributed by atoms with Crippen molar-refractivity contribution in [3.05, 3.63) is 35.9 Å². The van der Waals surface area contributed by atoms with Gasteiger partial charge in [0.25, 0.3) is 0 Å². The Morgan fingerprint density at radius 1 is 1.25 bits per heavy atom. The number of nitrogens with two attached hydrogens (primary N) is 1. The van der Waals surface area contributed by atoms with E-state index in [1.54, 1.807) is 6.92 Å². The van der Waals surface area contributed by atoms with Gasteiger partial charge < -0.3 is 10.6 Å². The summed E-state index contributed by atoms with van der Waals surface area (Å²) in [4.78, 5) is 14.3. The largest absolute Gasteiger partial charge is 0.334 e. The van der Waals surface area contributed by atoms with Crippen molar-refractivity contribution in [3.8, 4) is 0 Å². The molecule has 1 fully saturated rings. The van der Waals surface area contributed by atoms with Gasteiger partial charge in [0.1, 0.15) is 0 Å². The van der Waals surface area contributed by atoms with Gasteiger partial charge in [0.05, 0.1) is 6.04 Å². The summed E-state index contributed by atoms with van der Waals surface area (Å²) in [5.41, 5.74) is 6.99. The Balaban J connectivity index is 0.00000200. The minimum atomic E-state index is -0.411. The fourth-order valence-electron chi connectivity index (χ4n) is 2.82. The van der Waals surface area contributed by atoms with E-state index in [1.807, 2.05) is 23.1 Å². The number of rotatable bonds is 4. The van der Waals surface area contributed by atoms with Gasteiger partial charge in [-0.05, 0) is 25.3 Å². The molecule has 3 nitrogen and oxygen atoms in total. The zero-order valence-electron chi connectivity index (χ0n) is 12.1. The summed E-state index contributed by atoms with van der Waals surface area (Å²) >= 11 is 0. The molecular weight excluding hydrogens is 272 g/mol. The van der Waals surface area contributed by atoms with Crippen molar-refractivity contribution < 1.29 is 4.79 Å². The van der Waals surface area contributed by atoms with Gasteiger partial charge in [-0.2, -0.15) is 0 Å². The van der Waals surface area contributed by atoms with E-state index in [-0.39, 0.29) is 18.3 Å². The number of carbonyl (C=O) groups is 1. The Hall–Kier alpha value is -1.06. The van der Waals surface area contributed by atoms with Crippen LogP contribution in [-0.2, 0) is 11.3 Å². The van der Waals surface area contributed by atoms with E-state index in [2.05, 4.69) is 12.1 Å². The normalized spacial score (nSPS) is 17.1. The van der Waals surface area contributed by atoms with Crippen molar-refractivity contribution in [2.24, 2.45) is 5.73 Å². The molecule has 0 aromatic heterocycles. The van der Waals surface area contributed by atoms with Gasteiger partial charge >= 0.3 is 0 Å². The third-order valence-corrected chi connectivity index (χ3v) is 3.88. The molecule has 1 amide bonds. The maximum atomic E-state index is 12.3. The van der Waals surface area contributed by atoms with Crippen molar-refractivity contribution >= 4 is 18.3 Å². The van der Waals surface area contributed by atoms with Crippen LogP contribution in [0.5, 0.6) is 0 Å². The molecule has 0 radical (unpaired) electrons. The van der Waals surface area contributed by atoms with Crippen molar-refractivity contribution in [1.82, 2.24) is 4.90 Å². The average molecular weight is 297 g/mol. The first-order chi connectivity index (χ1) is 9.18. The molecule has 1 atom stereocenters. The molecule has 1 saturated carbocycles. The quantitative estimate of drug-likeness (QED) is 0.928. The van der Waals surface area contributed by atoms with Gasteiger partial charge in [-0.1, -0.05) is 49.6 Å². The second-order valence-electron chi connectivity index (χ2n) is 5.53. The monoisotopic (exact) mass is 296 g/mol. The highest BCUT2D eigenvalue weighted by atomic mass is 35.5. The predicted octanol–water partition coefficient (Wildman–Crippen LogP) is 3.12. The Morgan fingerprint density at radius 2 is 1.85 bits per heavy atom. The van der Waals surface area contributed by atoms with Crippen LogP contribution in [0.2, 0.25) is 0 Å². The van der Waals surface area contributed by atoms with E-state index in [0.717, 1.165) is 12.8 Å². The summed E-state index contributed by atoms with van der Waals surface area (Å²) in [7, 11) is 0. The standard InChI is InChI=1S/C16H24N2O.ClH/c1-13(17)16(19)18(15-10-6-3-7-11-15)12-14-8-4-2-5-9-14;/h2,4-5,8-9,13,15H,3,6-7,10-12,17H2,1H3;1H/t13-;/m0./s1. The minimum absolute atomic E-state index is 0. The number of halogens is 1. The molecule has 0 bridgehead atoms. The van der Waals surface area contributed by atoms with Crippen LogP contribution in [0, 0.1) is 0 Å². The highest BCUT2D eigenvalue weighted by Gasteiger charge is 2.27. The summed E-state index contributed by atoms with van der Waals surface area (Å²) in [6.45, 7) is 2.47. The molecule has 4 heteroatoms. The van der Waals surface area contributed by atoms with Crippen LogP contribution in [0.3, 0.4) is 0 Å². The first-order valence-corrected chi connectivity index (χ1v) is 7.28. The second-order valence-corrected chi connectivity index (χ2v) is 5.53. The van der Waals surface area contributed by atoms with Crippen molar-refractivity contribution in [1.29, 1.82) is 0 Å². The van der Waals surface area contributed by atoms with Gasteiger partial charge in [-0.25, -0.2) is 0 Å². The van der Waals surface area contributed by atoms with E-state index in [4.69, 9.17) is 5.73 Å². The van der Waals surface area contributed by atoms with Crippen LogP contribution >= 0.6 is 12.4 Å². The SMILES string of the molecule is C[C@H](N)C(=O)N(Cc1ccccc1)C1CCCCC1.Cl. The summed E-state index contributed by atoms with van der Waals surface area (Å²) in [5.74, 6) is 0.0794. The molecule has 2 rings (SSSR count). The lowest BCUT2D eigenvalue weighted by molar-refractivity contribution is -0.136. The van der Waals surface area contributed by atoms with Crippen molar-refractivity contribution in [3.63, 3.8) is 0 Å². The molecule has 0 heterocycles. The third kappa shape index (κ3) is 4.50. The molecule has 0 spiro atoms. The highest BCUT2D eigenvalue weighted by molar-refractivity contribution is 5.85. The Kier molecular flexibility index (Phi) is 7.03. The molecule has 1 aliphatic carbocycles. The Labute approximate surface area is 127 Å². The van der Waals surface area contributed by atoms with Crippen LogP contribution in [0.1, 0.15) is 44.6 Å². The van der Waals surface area contributed by atoms with Crippen LogP contribution in [0.4, 0.5) is 0 Å². The zero-order chi connectivity index (χ0) is 13.7. The Bertz CT molecular complexity index is 402. The highest BCUT2D eigenvalue weighted by Crippen LogP contribution is 2.24. The van der Waals surface area contributed by atoms with E-state index < -0.39 is 6.04 Å². The average Bonchev–Trinajstić information content (AvgIpc) is 2.46. The molecule has 20 heavy (non-hydrogen) atoms. The van der Waals surface area contributed by atoms with Crippen LogP contribution in [0.25, 0.3) is 0 Å². The van der Waals surface area contributed by atoms with Crippen LogP contribution < -0.4 is 5.73 Å². The van der Waals surface area contributed by atoms with E-state index in [1.165, 1.54) is 24.8 Å². The first-order valence-electron chi connectivity index (χ1n) is 7.28. The smallest absolute Gasteiger partial charge is 0.239 e. The van der Waals surface area contributed by atoms with Crippen molar-refractivity contribution in [2.45, 2.75) is 57.7 Å². The van der Waals surface area contributed by atoms with E-state index in [0.29, 0.717) is 12.6 Å². The number of hydrogen-bond donors (Lipinski definition) is 1. The molecule has 1 aliphatic rings. The number of carbonyl (C=O) groups excluding carboxylic acids is 1. The number of benzene rings is 1. The molecule has 1 aromatic carbocycles. The van der Waals surface area contributed by atoms with Crippen LogP contribution in [0.15, 0.2) is 30.3 Å². The fraction of sp³-hybridized carbons (Fsp3) is 0.562. The summed E-state index contributed by atoms with van der Waals surface area (Å²) in [5, 5.41) is 0. The van der Waals surface area contributed by atoms with Gasteiger partial charge in [0, 0.05) is 12.6 Å². The maximum absolute atomic E-state index is 12.3. The van der Waals surface area contributed by atoms with Crippen molar-refractivity contribution in [2.75, 3.05) is 0 Å². The number of amides is 1. The van der Waals surface area contributed by atoms with Gasteiger partial charge in [-0.15, -0.1) is 12.4 Å². The fourth-order valence-corrected chi connectivity index (χ4v) is 2.82. The molecule has 2 N–H and O–H groups in total. The third-order valence-electron chi connectivity index (χ3n) is 3.88. The Morgan fingerprint density at radius 3 is 2.40 bits per heavy atom. The predicted molar refractivity (Wildman–Crippen MR) is 84.8 cm³/mol. The van der Waals surface area contributed by atoms with Gasteiger partial charge in [0.2, 0.25) is 5.91 Å². The second kappa shape index (κ2) is 8.28. The minimum Gasteiger partial charge on any atom is -0.334 e. The molecule has 1 aromatic rings. The van der Waals surface area contributed by atoms with E-state index >= 15 is 0 Å². The van der Waals surface area contributed by atoms with Gasteiger partial charge in [-0.3, -0.25) is 4.79 Å². The summed E-state index contributed by atoms with van der Waals surface area (Å²) in [6, 6.07) is 10.1. The lowest BCUT2D eigenvalue weighted by atomic mass is 9.93. The molecule has 112 valence electrons. The molecule has 0 aliphatic heterocycles. The molecular formula is C16H25ClN2O. The lowest BCUT2D eigenvalue weighted by Gasteiger charge is -2.35. The molecule has 0 saturated heterocycles. The summed E-state index contributed by atoms with van der Waals surface area (Å²) in [6.07, 6.45) is 5.98. The summed E-state index contributed by atoms with van der Waals surface area (Å²) < 4.78 is 0. The van der Waals surface area contributed by atoms with Gasteiger partial charge in [0.15, 0.2) is 0 Å². The molecule has 0 unspecified atom stereocenters. The van der Waals surface area contributed by atoms with E-state index in [9.17, 15) is 4.79 Å². The topological polar surface area (TPSA) is 46.3 Å². The maximum Gasteiger partial charge on any atom is 0.239 e. The lowest BCUT2D eigenvalue weighted by Crippen LogP contribution is -2.47. The number of nitrogens with zero attached hydrogens (tertiary/aromatic N) is 1. The van der Waals surface area contributed by atoms with Crippen LogP contribution in [-0.4, -0.2) is 22.9 Å².